The van der Waals surface area contributed by atoms with Gasteiger partial charge in [0.15, 0.2) is 15.6 Å². The van der Waals surface area contributed by atoms with Crippen molar-refractivity contribution < 1.29 is 17.9 Å². The molecule has 148 valence electrons. The molecule has 0 N–H and O–H groups in total. The highest BCUT2D eigenvalue weighted by Crippen LogP contribution is 2.29. The van der Waals surface area contributed by atoms with Crippen LogP contribution in [-0.4, -0.2) is 25.9 Å². The highest BCUT2D eigenvalue weighted by Gasteiger charge is 2.21. The molecule has 0 aliphatic heterocycles. The molecule has 0 atom stereocenters. The third-order valence-corrected chi connectivity index (χ3v) is 6.38. The number of ether oxygens (including phenoxy) is 1. The molecule has 0 unspecified atom stereocenters. The normalized spacial score (nSPS) is 10.8. The first-order chi connectivity index (χ1) is 13.4. The van der Waals surface area contributed by atoms with Crippen LogP contribution in [0.15, 0.2) is 58.3 Å². The molecule has 2 aromatic rings. The van der Waals surface area contributed by atoms with E-state index in [1.165, 1.54) is 23.9 Å². The summed E-state index contributed by atoms with van der Waals surface area (Å²) in [4.78, 5) is 13.1. The number of para-hydroxylation sites is 1. The van der Waals surface area contributed by atoms with Gasteiger partial charge in [0, 0.05) is 6.42 Å². The summed E-state index contributed by atoms with van der Waals surface area (Å²) in [5, 5.41) is 0. The number of esters is 1. The summed E-state index contributed by atoms with van der Waals surface area (Å²) in [6.07, 6.45) is 3.08. The van der Waals surface area contributed by atoms with Crippen LogP contribution in [0.2, 0.25) is 0 Å². The molecular formula is C22H24O4S2. The molecular weight excluding hydrogens is 392 g/mol. The maximum atomic E-state index is 12.4. The zero-order valence-electron chi connectivity index (χ0n) is 16.1. The zero-order chi connectivity index (χ0) is 20.4. The van der Waals surface area contributed by atoms with Gasteiger partial charge in [0.25, 0.3) is 0 Å². The summed E-state index contributed by atoms with van der Waals surface area (Å²) >= 11 is 1.46. The Hall–Kier alpha value is -2.23. The molecule has 2 aromatic carbocycles. The minimum Gasteiger partial charge on any atom is -0.425 e. The van der Waals surface area contributed by atoms with Crippen molar-refractivity contribution in [1.29, 1.82) is 0 Å². The predicted octanol–water partition coefficient (Wildman–Crippen LogP) is 4.66. The zero-order valence-corrected chi connectivity index (χ0v) is 17.7. The number of rotatable bonds is 8. The molecule has 0 fully saturated rings. The van der Waals surface area contributed by atoms with E-state index >= 15 is 0 Å². The standard InChI is InChI=1S/C22H24O4S2/c1-3-4-5-6-9-16-27-21-11-8-7-10-20(21)26-22(23)17-28(24,25)19-14-12-18(2)13-15-19/h7-8,10-15H,3-5,16-17H2,1-2H3. The SMILES string of the molecule is CCCCC#CCSc1ccccc1OC(=O)CS(=O)(=O)c1ccc(C)cc1. The molecule has 0 saturated heterocycles. The van der Waals surface area contributed by atoms with Crippen molar-refractivity contribution in [3.63, 3.8) is 0 Å². The van der Waals surface area contributed by atoms with Gasteiger partial charge in [0.05, 0.1) is 15.5 Å². The van der Waals surface area contributed by atoms with Gasteiger partial charge in [-0.25, -0.2) is 8.42 Å². The fourth-order valence-corrected chi connectivity index (χ4v) is 4.15. The Balaban J connectivity index is 1.99. The second-order valence-corrected chi connectivity index (χ2v) is 9.25. The number of unbranched alkanes of at least 4 members (excludes halogenated alkanes) is 2. The van der Waals surface area contributed by atoms with Gasteiger partial charge in [-0.1, -0.05) is 49.1 Å². The van der Waals surface area contributed by atoms with Crippen molar-refractivity contribution in [3.05, 3.63) is 54.1 Å². The highest BCUT2D eigenvalue weighted by molar-refractivity contribution is 7.99. The number of sulfone groups is 1. The van der Waals surface area contributed by atoms with Crippen LogP contribution < -0.4 is 4.74 Å². The first-order valence-corrected chi connectivity index (χ1v) is 11.7. The Morgan fingerprint density at radius 1 is 1.07 bits per heavy atom. The number of hydrogen-bond acceptors (Lipinski definition) is 5. The lowest BCUT2D eigenvalue weighted by molar-refractivity contribution is -0.131. The molecule has 0 radical (unpaired) electrons. The molecule has 0 heterocycles. The minimum absolute atomic E-state index is 0.111. The predicted molar refractivity (Wildman–Crippen MR) is 113 cm³/mol. The number of carbonyl (C=O) groups is 1. The molecule has 0 aliphatic rings. The van der Waals surface area contributed by atoms with E-state index in [1.54, 1.807) is 24.3 Å². The lowest BCUT2D eigenvalue weighted by atomic mass is 10.2. The third-order valence-electron chi connectivity index (χ3n) is 3.84. The van der Waals surface area contributed by atoms with Crippen molar-refractivity contribution in [2.75, 3.05) is 11.5 Å². The summed E-state index contributed by atoms with van der Waals surface area (Å²) in [6, 6.07) is 13.5. The highest BCUT2D eigenvalue weighted by atomic mass is 32.2. The first-order valence-electron chi connectivity index (χ1n) is 9.10. The van der Waals surface area contributed by atoms with Crippen LogP contribution in [0.25, 0.3) is 0 Å². The van der Waals surface area contributed by atoms with Crippen LogP contribution in [0.5, 0.6) is 5.75 Å². The van der Waals surface area contributed by atoms with Gasteiger partial charge in [-0.15, -0.1) is 17.7 Å². The van der Waals surface area contributed by atoms with Gasteiger partial charge in [-0.2, -0.15) is 0 Å². The maximum absolute atomic E-state index is 12.4. The summed E-state index contributed by atoms with van der Waals surface area (Å²) in [5.74, 6) is 5.63. The molecule has 4 nitrogen and oxygen atoms in total. The molecule has 0 aliphatic carbocycles. The monoisotopic (exact) mass is 416 g/mol. The lowest BCUT2D eigenvalue weighted by Crippen LogP contribution is -2.21. The van der Waals surface area contributed by atoms with Crippen molar-refractivity contribution in [1.82, 2.24) is 0 Å². The molecule has 0 aromatic heterocycles. The maximum Gasteiger partial charge on any atom is 0.326 e. The first kappa shape index (κ1) is 22.1. The largest absolute Gasteiger partial charge is 0.425 e. The van der Waals surface area contributed by atoms with Gasteiger partial charge in [-0.3, -0.25) is 4.79 Å². The van der Waals surface area contributed by atoms with Crippen molar-refractivity contribution in [2.24, 2.45) is 0 Å². The number of thioether (sulfide) groups is 1. The minimum atomic E-state index is -3.74. The van der Waals surface area contributed by atoms with E-state index < -0.39 is 21.6 Å². The quantitative estimate of drug-likeness (QED) is 0.206. The summed E-state index contributed by atoms with van der Waals surface area (Å²) < 4.78 is 30.1. The van der Waals surface area contributed by atoms with Crippen LogP contribution in [-0.2, 0) is 14.6 Å². The summed E-state index contributed by atoms with van der Waals surface area (Å²) in [6.45, 7) is 3.99. The lowest BCUT2D eigenvalue weighted by Gasteiger charge is -2.09. The van der Waals surface area contributed by atoms with E-state index in [-0.39, 0.29) is 4.90 Å². The Morgan fingerprint density at radius 3 is 2.50 bits per heavy atom. The Kier molecular flexibility index (Phi) is 8.62. The second kappa shape index (κ2) is 10.9. The fraction of sp³-hybridized carbons (Fsp3) is 0.318. The smallest absolute Gasteiger partial charge is 0.326 e. The topological polar surface area (TPSA) is 60.4 Å². The molecule has 28 heavy (non-hydrogen) atoms. The number of hydrogen-bond donors (Lipinski definition) is 0. The van der Waals surface area contributed by atoms with E-state index in [4.69, 9.17) is 4.74 Å². The van der Waals surface area contributed by atoms with Gasteiger partial charge >= 0.3 is 5.97 Å². The van der Waals surface area contributed by atoms with Crippen molar-refractivity contribution >= 4 is 27.6 Å². The molecule has 0 bridgehead atoms. The van der Waals surface area contributed by atoms with E-state index in [0.29, 0.717) is 11.5 Å². The van der Waals surface area contributed by atoms with Crippen LogP contribution >= 0.6 is 11.8 Å². The van der Waals surface area contributed by atoms with E-state index in [2.05, 4.69) is 18.8 Å². The average molecular weight is 417 g/mol. The fourth-order valence-electron chi connectivity index (χ4n) is 2.31. The summed E-state index contributed by atoms with van der Waals surface area (Å²) in [5.41, 5.74) is 0.949. The average Bonchev–Trinajstić information content (AvgIpc) is 2.65. The molecule has 2 rings (SSSR count). The third kappa shape index (κ3) is 7.06. The Morgan fingerprint density at radius 2 is 1.79 bits per heavy atom. The van der Waals surface area contributed by atoms with Gasteiger partial charge < -0.3 is 4.74 Å². The Bertz CT molecular complexity index is 952. The molecule has 0 saturated carbocycles. The molecule has 0 amide bonds. The number of aryl methyl sites for hydroxylation is 1. The Labute approximate surface area is 171 Å². The van der Waals surface area contributed by atoms with Crippen LogP contribution in [0.4, 0.5) is 0 Å². The van der Waals surface area contributed by atoms with Crippen molar-refractivity contribution in [3.8, 4) is 17.6 Å². The van der Waals surface area contributed by atoms with Gasteiger partial charge in [0.1, 0.15) is 5.75 Å². The van der Waals surface area contributed by atoms with Crippen LogP contribution in [0.1, 0.15) is 31.7 Å². The van der Waals surface area contributed by atoms with Gasteiger partial charge in [0.2, 0.25) is 0 Å². The van der Waals surface area contributed by atoms with Crippen molar-refractivity contribution in [2.45, 2.75) is 42.9 Å². The number of carbonyl (C=O) groups excluding carboxylic acids is 1. The second-order valence-electron chi connectivity index (χ2n) is 6.24. The summed E-state index contributed by atoms with van der Waals surface area (Å²) in [7, 11) is -3.74. The van der Waals surface area contributed by atoms with E-state index in [1.807, 2.05) is 19.1 Å². The number of benzene rings is 2. The molecule has 6 heteroatoms. The van der Waals surface area contributed by atoms with Crippen LogP contribution in [0.3, 0.4) is 0 Å². The molecule has 0 spiro atoms. The van der Waals surface area contributed by atoms with Gasteiger partial charge in [-0.05, 0) is 37.6 Å². The van der Waals surface area contributed by atoms with E-state index in [0.717, 1.165) is 29.7 Å². The van der Waals surface area contributed by atoms with Crippen LogP contribution in [0, 0.1) is 18.8 Å². The van der Waals surface area contributed by atoms with E-state index in [9.17, 15) is 13.2 Å².